The summed E-state index contributed by atoms with van der Waals surface area (Å²) in [7, 11) is -3.48. The summed E-state index contributed by atoms with van der Waals surface area (Å²) in [4.78, 5) is 12.2. The molecule has 1 fully saturated rings. The Labute approximate surface area is 159 Å². The Kier molecular flexibility index (Phi) is 5.67. The highest BCUT2D eigenvalue weighted by atomic mass is 32.2. The minimum Gasteiger partial charge on any atom is -0.483 e. The molecule has 1 aliphatic carbocycles. The van der Waals surface area contributed by atoms with Gasteiger partial charge in [0.25, 0.3) is 5.91 Å². The van der Waals surface area contributed by atoms with E-state index < -0.39 is 10.0 Å². The fourth-order valence-electron chi connectivity index (χ4n) is 2.55. The van der Waals surface area contributed by atoms with Gasteiger partial charge in [0, 0.05) is 6.04 Å². The highest BCUT2D eigenvalue weighted by Crippen LogP contribution is 2.23. The van der Waals surface area contributed by atoms with Crippen molar-refractivity contribution in [3.05, 3.63) is 53.6 Å². The Bertz CT molecular complexity index is 902. The number of hydrazine groups is 1. The van der Waals surface area contributed by atoms with Gasteiger partial charge in [-0.1, -0.05) is 18.2 Å². The molecule has 7 nitrogen and oxygen atoms in total. The van der Waals surface area contributed by atoms with Crippen LogP contribution in [-0.4, -0.2) is 27.0 Å². The van der Waals surface area contributed by atoms with Gasteiger partial charge in [-0.05, 0) is 62.1 Å². The number of hydrogen-bond acceptors (Lipinski definition) is 5. The largest absolute Gasteiger partial charge is 0.483 e. The van der Waals surface area contributed by atoms with E-state index in [4.69, 9.17) is 4.74 Å². The Morgan fingerprint density at radius 3 is 2.30 bits per heavy atom. The van der Waals surface area contributed by atoms with Crippen molar-refractivity contribution in [3.63, 3.8) is 0 Å². The Morgan fingerprint density at radius 1 is 1.07 bits per heavy atom. The second kappa shape index (κ2) is 7.98. The molecule has 0 atom stereocenters. The van der Waals surface area contributed by atoms with Crippen molar-refractivity contribution < 1.29 is 17.9 Å². The molecule has 0 aromatic heterocycles. The smallest absolute Gasteiger partial charge is 0.276 e. The number of anilines is 1. The summed E-state index contributed by atoms with van der Waals surface area (Å²) in [5.74, 6) is 0.357. The van der Waals surface area contributed by atoms with Crippen molar-refractivity contribution in [2.45, 2.75) is 37.6 Å². The molecule has 2 aromatic carbocycles. The number of carbonyl (C=O) groups excluding carboxylic acids is 1. The van der Waals surface area contributed by atoms with Gasteiger partial charge in [0.15, 0.2) is 6.61 Å². The molecule has 0 bridgehead atoms. The molecule has 0 spiro atoms. The predicted octanol–water partition coefficient (Wildman–Crippen LogP) is 2.27. The number of para-hydroxylation sites is 1. The van der Waals surface area contributed by atoms with Crippen LogP contribution in [0.3, 0.4) is 0 Å². The number of benzene rings is 2. The first kappa shape index (κ1) is 19.2. The summed E-state index contributed by atoms with van der Waals surface area (Å²) in [6.45, 7) is 3.72. The Hall–Kier alpha value is -2.58. The fourth-order valence-corrected chi connectivity index (χ4v) is 3.85. The lowest BCUT2D eigenvalue weighted by molar-refractivity contribution is -0.122. The standard InChI is InChI=1S/C19H23N3O4S/c1-13-4-3-5-14(2)19(13)26-12-18(23)21-20-15-8-10-17(11-9-15)27(24,25)22-16-6-7-16/h3-5,8-11,16,20,22H,6-7,12H2,1-2H3,(H,21,23). The van der Waals surface area contributed by atoms with Crippen molar-refractivity contribution >= 4 is 21.6 Å². The van der Waals surface area contributed by atoms with Gasteiger partial charge in [0.1, 0.15) is 5.75 Å². The van der Waals surface area contributed by atoms with E-state index in [0.717, 1.165) is 24.0 Å². The van der Waals surface area contributed by atoms with Gasteiger partial charge in [-0.2, -0.15) is 0 Å². The Balaban J connectivity index is 1.50. The van der Waals surface area contributed by atoms with Crippen molar-refractivity contribution in [1.82, 2.24) is 10.1 Å². The third-order valence-corrected chi connectivity index (χ3v) is 5.70. The van der Waals surface area contributed by atoms with Gasteiger partial charge in [-0.3, -0.25) is 15.6 Å². The summed E-state index contributed by atoms with van der Waals surface area (Å²) < 4.78 is 32.4. The van der Waals surface area contributed by atoms with Gasteiger partial charge < -0.3 is 4.74 Å². The molecule has 0 heterocycles. The van der Waals surface area contributed by atoms with Gasteiger partial charge in [0.05, 0.1) is 10.6 Å². The third kappa shape index (κ3) is 5.21. The number of amides is 1. The summed E-state index contributed by atoms with van der Waals surface area (Å²) in [5.41, 5.74) is 7.78. The van der Waals surface area contributed by atoms with Crippen LogP contribution >= 0.6 is 0 Å². The number of aryl methyl sites for hydroxylation is 2. The third-order valence-electron chi connectivity index (χ3n) is 4.17. The van der Waals surface area contributed by atoms with E-state index in [0.29, 0.717) is 11.4 Å². The molecule has 3 N–H and O–H groups in total. The Morgan fingerprint density at radius 2 is 1.70 bits per heavy atom. The quantitative estimate of drug-likeness (QED) is 0.602. The molecule has 27 heavy (non-hydrogen) atoms. The highest BCUT2D eigenvalue weighted by Gasteiger charge is 2.27. The van der Waals surface area contributed by atoms with E-state index in [-0.39, 0.29) is 23.5 Å². The molecule has 0 saturated heterocycles. The average Bonchev–Trinajstić information content (AvgIpc) is 3.43. The lowest BCUT2D eigenvalue weighted by Crippen LogP contribution is -2.33. The van der Waals surface area contributed by atoms with Crippen molar-refractivity contribution in [1.29, 1.82) is 0 Å². The van der Waals surface area contributed by atoms with Gasteiger partial charge in [-0.25, -0.2) is 13.1 Å². The zero-order valence-corrected chi connectivity index (χ0v) is 16.1. The van der Waals surface area contributed by atoms with Crippen LogP contribution in [0.5, 0.6) is 5.75 Å². The van der Waals surface area contributed by atoms with Crippen LogP contribution in [0.2, 0.25) is 0 Å². The number of sulfonamides is 1. The van der Waals surface area contributed by atoms with Crippen LogP contribution in [0.1, 0.15) is 24.0 Å². The summed E-state index contributed by atoms with van der Waals surface area (Å²) in [5, 5.41) is 0. The number of hydrogen-bond donors (Lipinski definition) is 3. The number of nitrogens with one attached hydrogen (secondary N) is 3. The van der Waals surface area contributed by atoms with Crippen LogP contribution in [0.15, 0.2) is 47.4 Å². The van der Waals surface area contributed by atoms with Gasteiger partial charge in [-0.15, -0.1) is 0 Å². The molecule has 0 unspecified atom stereocenters. The normalized spacial score (nSPS) is 13.9. The highest BCUT2D eigenvalue weighted by molar-refractivity contribution is 7.89. The van der Waals surface area contributed by atoms with E-state index in [1.807, 2.05) is 32.0 Å². The second-order valence-electron chi connectivity index (χ2n) is 6.60. The second-order valence-corrected chi connectivity index (χ2v) is 8.32. The zero-order chi connectivity index (χ0) is 19.4. The lowest BCUT2D eigenvalue weighted by atomic mass is 10.1. The van der Waals surface area contributed by atoms with E-state index >= 15 is 0 Å². The fraction of sp³-hybridized carbons (Fsp3) is 0.316. The first-order valence-electron chi connectivity index (χ1n) is 8.71. The molecule has 1 saturated carbocycles. The maximum absolute atomic E-state index is 12.1. The van der Waals surface area contributed by atoms with Crippen LogP contribution in [0, 0.1) is 13.8 Å². The minimum atomic E-state index is -3.48. The first-order valence-corrected chi connectivity index (χ1v) is 10.2. The molecule has 0 aliphatic heterocycles. The van der Waals surface area contributed by atoms with Crippen LogP contribution in [0.25, 0.3) is 0 Å². The van der Waals surface area contributed by atoms with E-state index in [1.54, 1.807) is 12.1 Å². The monoisotopic (exact) mass is 389 g/mol. The molecule has 3 rings (SSSR count). The number of carbonyl (C=O) groups is 1. The van der Waals surface area contributed by atoms with Crippen molar-refractivity contribution in [2.75, 3.05) is 12.0 Å². The molecular weight excluding hydrogens is 366 g/mol. The minimum absolute atomic E-state index is 0.0592. The van der Waals surface area contributed by atoms with E-state index in [9.17, 15) is 13.2 Å². The first-order chi connectivity index (χ1) is 12.8. The molecule has 1 aliphatic rings. The van der Waals surface area contributed by atoms with Gasteiger partial charge in [0.2, 0.25) is 10.0 Å². The van der Waals surface area contributed by atoms with Crippen LogP contribution < -0.4 is 20.3 Å². The van der Waals surface area contributed by atoms with E-state index in [2.05, 4.69) is 15.6 Å². The number of ether oxygens (including phenoxy) is 1. The topological polar surface area (TPSA) is 96.5 Å². The van der Waals surface area contributed by atoms with Crippen LogP contribution in [-0.2, 0) is 14.8 Å². The summed E-state index contributed by atoms with van der Waals surface area (Å²) in [6, 6.07) is 12.0. The van der Waals surface area contributed by atoms with Crippen molar-refractivity contribution in [2.24, 2.45) is 0 Å². The van der Waals surface area contributed by atoms with E-state index in [1.165, 1.54) is 12.1 Å². The molecule has 1 amide bonds. The summed E-state index contributed by atoms with van der Waals surface area (Å²) in [6.07, 6.45) is 1.77. The predicted molar refractivity (Wildman–Crippen MR) is 103 cm³/mol. The average molecular weight is 389 g/mol. The molecular formula is C19H23N3O4S. The number of rotatable bonds is 8. The molecule has 2 aromatic rings. The zero-order valence-electron chi connectivity index (χ0n) is 15.3. The molecule has 0 radical (unpaired) electrons. The SMILES string of the molecule is Cc1cccc(C)c1OCC(=O)NNc1ccc(S(=O)(=O)NC2CC2)cc1. The van der Waals surface area contributed by atoms with Crippen LogP contribution in [0.4, 0.5) is 5.69 Å². The molecule has 144 valence electrons. The lowest BCUT2D eigenvalue weighted by Gasteiger charge is -2.13. The maximum atomic E-state index is 12.1. The summed E-state index contributed by atoms with van der Waals surface area (Å²) >= 11 is 0. The maximum Gasteiger partial charge on any atom is 0.276 e. The van der Waals surface area contributed by atoms with Crippen molar-refractivity contribution in [3.8, 4) is 5.75 Å². The molecule has 8 heteroatoms. The van der Waals surface area contributed by atoms with Gasteiger partial charge >= 0.3 is 0 Å².